The van der Waals surface area contributed by atoms with Crippen molar-refractivity contribution in [3.05, 3.63) is 65.9 Å². The van der Waals surface area contributed by atoms with Crippen molar-refractivity contribution in [1.82, 2.24) is 26.3 Å². The monoisotopic (exact) mass is 713 g/mol. The highest BCUT2D eigenvalue weighted by molar-refractivity contribution is 7.98. The van der Waals surface area contributed by atoms with Crippen molar-refractivity contribution < 1.29 is 44.1 Å². The number of carboxylic acids is 1. The molecule has 3 aromatic rings. The number of hydrogen-bond donors (Lipinski definition) is 10. The van der Waals surface area contributed by atoms with Crippen LogP contribution in [0.5, 0.6) is 5.75 Å². The molecule has 0 radical (unpaired) electrons. The molecular formula is C33H43N7O9S. The molecule has 1 aromatic heterocycles. The van der Waals surface area contributed by atoms with Crippen molar-refractivity contribution >= 4 is 58.2 Å². The fourth-order valence-corrected chi connectivity index (χ4v) is 5.51. The number of amides is 5. The maximum atomic E-state index is 14.0. The first-order valence-electron chi connectivity index (χ1n) is 15.7. The number of rotatable bonds is 20. The van der Waals surface area contributed by atoms with Crippen molar-refractivity contribution in [2.45, 2.75) is 62.3 Å². The lowest BCUT2D eigenvalue weighted by molar-refractivity contribution is -0.142. The molecule has 17 heteroatoms. The number of carboxylic acid groups (broad SMARTS) is 1. The Hall–Kier alpha value is -5.13. The third kappa shape index (κ3) is 11.8. The molecule has 0 saturated carbocycles. The number of aliphatic carboxylic acids is 1. The van der Waals surface area contributed by atoms with E-state index < -0.39 is 72.3 Å². The molecule has 0 fully saturated rings. The van der Waals surface area contributed by atoms with Gasteiger partial charge in [0.1, 0.15) is 36.0 Å². The normalized spacial score (nSPS) is 14.1. The van der Waals surface area contributed by atoms with Gasteiger partial charge in [-0.15, -0.1) is 0 Å². The van der Waals surface area contributed by atoms with Gasteiger partial charge in [-0.2, -0.15) is 11.8 Å². The SMILES string of the molecule is CSCC[C@H](NC(=O)[C@H](Cc1c[nH]c2ccccc12)NC(=O)[C@H](Cc1ccc(O)cc1)NC(=O)[C@@H](N)CO)C(=O)N[C@@H](CCC(N)=O)C(=O)O. The number of fused-ring (bicyclic) bond motifs is 1. The average molecular weight is 714 g/mol. The number of nitrogens with two attached hydrogens (primary N) is 2. The van der Waals surface area contributed by atoms with E-state index in [0.717, 1.165) is 10.9 Å². The number of aromatic nitrogens is 1. The van der Waals surface area contributed by atoms with Gasteiger partial charge in [0.2, 0.25) is 29.5 Å². The Labute approximate surface area is 292 Å². The molecule has 0 aliphatic carbocycles. The Kier molecular flexibility index (Phi) is 15.1. The standard InChI is InChI=1S/C33H43N7O9S/c1-50-13-12-24(30(45)38-25(33(48)49)10-11-28(35)43)37-32(47)27(15-19-16-36-23-5-3-2-4-21(19)23)40-31(46)26(39-29(44)22(34)17-41)14-18-6-8-20(42)9-7-18/h2-9,16,22,24-27,36,41-42H,10-15,17,34H2,1H3,(H2,35,43)(H,37,47)(H,38,45)(H,39,44)(H,40,46)(H,48,49)/t22-,24-,25-,26-,27-/m0/s1. The first-order chi connectivity index (χ1) is 23.8. The molecule has 270 valence electrons. The Morgan fingerprint density at radius 2 is 1.38 bits per heavy atom. The molecule has 0 unspecified atom stereocenters. The van der Waals surface area contributed by atoms with Crippen LogP contribution in [0.2, 0.25) is 0 Å². The van der Waals surface area contributed by atoms with E-state index in [0.29, 0.717) is 16.9 Å². The van der Waals surface area contributed by atoms with Gasteiger partial charge in [0.25, 0.3) is 0 Å². The third-order valence-electron chi connectivity index (χ3n) is 7.81. The highest BCUT2D eigenvalue weighted by atomic mass is 32.2. The third-order valence-corrected chi connectivity index (χ3v) is 8.46. The minimum absolute atomic E-state index is 0.0147. The molecule has 0 aliphatic heterocycles. The molecule has 12 N–H and O–H groups in total. The van der Waals surface area contributed by atoms with Gasteiger partial charge < -0.3 is 53.0 Å². The van der Waals surface area contributed by atoms with Gasteiger partial charge in [-0.1, -0.05) is 30.3 Å². The van der Waals surface area contributed by atoms with Crippen LogP contribution in [-0.2, 0) is 41.6 Å². The summed E-state index contributed by atoms with van der Waals surface area (Å²) < 4.78 is 0. The number of H-pyrrole nitrogens is 1. The molecule has 5 atom stereocenters. The van der Waals surface area contributed by atoms with E-state index in [1.54, 1.807) is 30.7 Å². The maximum absolute atomic E-state index is 14.0. The maximum Gasteiger partial charge on any atom is 0.326 e. The topological polar surface area (TPSA) is 279 Å². The summed E-state index contributed by atoms with van der Waals surface area (Å²) in [7, 11) is 0. The molecule has 0 spiro atoms. The van der Waals surface area contributed by atoms with Crippen LogP contribution in [0.15, 0.2) is 54.7 Å². The summed E-state index contributed by atoms with van der Waals surface area (Å²) in [5.74, 6) is -4.91. The van der Waals surface area contributed by atoms with Crippen molar-refractivity contribution in [2.24, 2.45) is 11.5 Å². The number of nitrogens with one attached hydrogen (secondary N) is 5. The smallest absolute Gasteiger partial charge is 0.326 e. The summed E-state index contributed by atoms with van der Waals surface area (Å²) in [6.45, 7) is -0.685. The zero-order chi connectivity index (χ0) is 36.8. The minimum atomic E-state index is -1.44. The van der Waals surface area contributed by atoms with E-state index in [4.69, 9.17) is 11.5 Å². The first-order valence-corrected chi connectivity index (χ1v) is 17.1. The van der Waals surface area contributed by atoms with E-state index in [2.05, 4.69) is 26.3 Å². The van der Waals surface area contributed by atoms with E-state index in [1.165, 1.54) is 23.9 Å². The lowest BCUT2D eigenvalue weighted by Gasteiger charge is -2.26. The van der Waals surface area contributed by atoms with Gasteiger partial charge in [-0.25, -0.2) is 4.79 Å². The van der Waals surface area contributed by atoms with Crippen LogP contribution in [0.25, 0.3) is 10.9 Å². The zero-order valence-electron chi connectivity index (χ0n) is 27.4. The van der Waals surface area contributed by atoms with Crippen LogP contribution in [0.3, 0.4) is 0 Å². The first kappa shape index (κ1) is 39.3. The number of thioether (sulfide) groups is 1. The molecule has 0 aliphatic rings. The number of phenols is 1. The second-order valence-corrected chi connectivity index (χ2v) is 12.6. The van der Waals surface area contributed by atoms with Gasteiger partial charge in [0.15, 0.2) is 0 Å². The summed E-state index contributed by atoms with van der Waals surface area (Å²) in [6.07, 6.45) is 2.90. The molecule has 0 bridgehead atoms. The number of para-hydroxylation sites is 1. The van der Waals surface area contributed by atoms with Crippen molar-refractivity contribution in [1.29, 1.82) is 0 Å². The van der Waals surface area contributed by atoms with Crippen LogP contribution >= 0.6 is 11.8 Å². The molecular weight excluding hydrogens is 670 g/mol. The number of hydrogen-bond acceptors (Lipinski definition) is 10. The Bertz CT molecular complexity index is 1650. The van der Waals surface area contributed by atoms with Crippen molar-refractivity contribution in [2.75, 3.05) is 18.6 Å². The molecule has 50 heavy (non-hydrogen) atoms. The second-order valence-electron chi connectivity index (χ2n) is 11.6. The van der Waals surface area contributed by atoms with E-state index in [1.807, 2.05) is 18.2 Å². The van der Waals surface area contributed by atoms with E-state index in [-0.39, 0.29) is 37.9 Å². The van der Waals surface area contributed by atoms with Gasteiger partial charge in [-0.05, 0) is 54.2 Å². The summed E-state index contributed by atoms with van der Waals surface area (Å²) >= 11 is 1.39. The van der Waals surface area contributed by atoms with E-state index in [9.17, 15) is 44.1 Å². The van der Waals surface area contributed by atoms with Crippen molar-refractivity contribution in [3.63, 3.8) is 0 Å². The zero-order valence-corrected chi connectivity index (χ0v) is 28.2. The fraction of sp³-hybridized carbons (Fsp3) is 0.394. The predicted octanol–water partition coefficient (Wildman–Crippen LogP) is -0.979. The molecule has 3 rings (SSSR count). The molecule has 1 heterocycles. The summed E-state index contributed by atoms with van der Waals surface area (Å²) in [5.41, 5.74) is 12.8. The quantitative estimate of drug-likeness (QED) is 0.0679. The average Bonchev–Trinajstić information content (AvgIpc) is 3.50. The molecule has 2 aromatic carbocycles. The van der Waals surface area contributed by atoms with E-state index >= 15 is 0 Å². The van der Waals surface area contributed by atoms with Gasteiger partial charge in [0.05, 0.1) is 6.61 Å². The van der Waals surface area contributed by atoms with Crippen LogP contribution < -0.4 is 32.7 Å². The number of aromatic amines is 1. The van der Waals surface area contributed by atoms with Gasteiger partial charge in [0, 0.05) is 36.4 Å². The lowest BCUT2D eigenvalue weighted by atomic mass is 10.0. The molecule has 0 saturated heterocycles. The number of carbonyl (C=O) groups excluding carboxylic acids is 5. The highest BCUT2D eigenvalue weighted by Crippen LogP contribution is 2.20. The number of aliphatic hydroxyl groups is 1. The van der Waals surface area contributed by atoms with Crippen LogP contribution in [0.1, 0.15) is 30.4 Å². The Balaban J connectivity index is 1.93. The van der Waals surface area contributed by atoms with Crippen LogP contribution in [0, 0.1) is 0 Å². The van der Waals surface area contributed by atoms with Gasteiger partial charge in [-0.3, -0.25) is 24.0 Å². The summed E-state index contributed by atoms with van der Waals surface area (Å²) in [5, 5.41) is 39.7. The second kappa shape index (κ2) is 19.2. The largest absolute Gasteiger partial charge is 0.508 e. The number of phenolic OH excluding ortho intramolecular Hbond substituents is 1. The molecule has 5 amide bonds. The summed E-state index contributed by atoms with van der Waals surface area (Å²) in [4.78, 5) is 80.0. The number of aromatic hydroxyl groups is 1. The van der Waals surface area contributed by atoms with Crippen LogP contribution in [0.4, 0.5) is 0 Å². The fourth-order valence-electron chi connectivity index (χ4n) is 5.03. The van der Waals surface area contributed by atoms with Gasteiger partial charge >= 0.3 is 5.97 Å². The Morgan fingerprint density at radius 1 is 0.800 bits per heavy atom. The number of primary amides is 1. The van der Waals surface area contributed by atoms with Crippen molar-refractivity contribution in [3.8, 4) is 5.75 Å². The molecule has 16 nitrogen and oxygen atoms in total. The lowest BCUT2D eigenvalue weighted by Crippen LogP contribution is -2.59. The number of benzene rings is 2. The Morgan fingerprint density at radius 3 is 2.00 bits per heavy atom. The minimum Gasteiger partial charge on any atom is -0.508 e. The highest BCUT2D eigenvalue weighted by Gasteiger charge is 2.32. The predicted molar refractivity (Wildman–Crippen MR) is 186 cm³/mol. The summed E-state index contributed by atoms with van der Waals surface area (Å²) in [6, 6.07) is 6.62. The van der Waals surface area contributed by atoms with Crippen LogP contribution in [-0.4, -0.2) is 105 Å². The number of carbonyl (C=O) groups is 6. The number of aliphatic hydroxyl groups excluding tert-OH is 1.